The molecule has 0 rings (SSSR count). The molecule has 0 N–H and O–H groups in total. The van der Waals surface area contributed by atoms with Crippen LogP contribution in [0.25, 0.3) is 0 Å². The fraction of sp³-hybridized carbons (Fsp3) is 0.905. The summed E-state index contributed by atoms with van der Waals surface area (Å²) in [5, 5.41) is 0. The zero-order valence-corrected chi connectivity index (χ0v) is 54.4. The molecule has 6 heteroatoms. The third-order valence-corrected chi connectivity index (χ3v) is 16.7. The average Bonchev–Trinajstić information content (AvgIpc) is 3.46. The number of allylic oxidation sites excluding steroid dienone is 4. The summed E-state index contributed by atoms with van der Waals surface area (Å²) in [6.07, 6.45) is 85.0. The highest BCUT2D eigenvalue weighted by Gasteiger charge is 2.19. The molecule has 1 atom stereocenters. The van der Waals surface area contributed by atoms with E-state index in [4.69, 9.17) is 14.2 Å². The maximum Gasteiger partial charge on any atom is 0.306 e. The Labute approximate surface area is 500 Å². The molecule has 0 aliphatic heterocycles. The summed E-state index contributed by atoms with van der Waals surface area (Å²) < 4.78 is 17.0. The second-order valence-electron chi connectivity index (χ2n) is 24.9. The number of carbonyl (C=O) groups excluding carboxylic acids is 3. The lowest BCUT2D eigenvalue weighted by atomic mass is 10.0. The molecule has 0 aliphatic rings. The first-order valence-electron chi connectivity index (χ1n) is 36.3. The lowest BCUT2D eigenvalue weighted by Crippen LogP contribution is -2.30. The lowest BCUT2D eigenvalue weighted by molar-refractivity contribution is -0.167. The van der Waals surface area contributed by atoms with Crippen molar-refractivity contribution in [2.45, 2.75) is 419 Å². The molecule has 0 fully saturated rings. The van der Waals surface area contributed by atoms with Crippen molar-refractivity contribution in [3.05, 3.63) is 24.3 Å². The third-order valence-electron chi connectivity index (χ3n) is 16.7. The van der Waals surface area contributed by atoms with Gasteiger partial charge >= 0.3 is 17.9 Å². The van der Waals surface area contributed by atoms with E-state index < -0.39 is 6.10 Å². The molecule has 472 valence electrons. The molecule has 0 radical (unpaired) electrons. The van der Waals surface area contributed by atoms with E-state index >= 15 is 0 Å². The Morgan fingerprint density at radius 2 is 0.450 bits per heavy atom. The molecule has 0 aliphatic carbocycles. The van der Waals surface area contributed by atoms with E-state index in [1.807, 2.05) is 0 Å². The van der Waals surface area contributed by atoms with Gasteiger partial charge in [-0.05, 0) is 51.4 Å². The second kappa shape index (κ2) is 69.4. The number of hydrogen-bond acceptors (Lipinski definition) is 6. The Morgan fingerprint density at radius 3 is 0.713 bits per heavy atom. The zero-order chi connectivity index (χ0) is 57.8. The first-order valence-corrected chi connectivity index (χ1v) is 36.3. The number of esters is 3. The van der Waals surface area contributed by atoms with E-state index in [-0.39, 0.29) is 31.1 Å². The molecular weight excluding hydrogens is 985 g/mol. The van der Waals surface area contributed by atoms with Gasteiger partial charge in [-0.15, -0.1) is 0 Å². The summed E-state index contributed by atoms with van der Waals surface area (Å²) in [7, 11) is 0. The molecule has 0 aromatic carbocycles. The van der Waals surface area contributed by atoms with Gasteiger partial charge in [0.1, 0.15) is 13.2 Å². The van der Waals surface area contributed by atoms with Gasteiger partial charge in [0.25, 0.3) is 0 Å². The van der Waals surface area contributed by atoms with Gasteiger partial charge in [0.05, 0.1) is 0 Å². The quantitative estimate of drug-likeness (QED) is 0.0261. The van der Waals surface area contributed by atoms with Crippen LogP contribution in [0.1, 0.15) is 412 Å². The number of carbonyl (C=O) groups is 3. The topological polar surface area (TPSA) is 78.9 Å². The molecule has 0 aromatic rings. The maximum absolute atomic E-state index is 13.0. The summed E-state index contributed by atoms with van der Waals surface area (Å²) in [5.74, 6) is -0.849. The van der Waals surface area contributed by atoms with Crippen molar-refractivity contribution in [2.24, 2.45) is 0 Å². The number of rotatable bonds is 68. The summed E-state index contributed by atoms with van der Waals surface area (Å²) in [6.45, 7) is 6.70. The van der Waals surface area contributed by atoms with Gasteiger partial charge in [0, 0.05) is 19.3 Å². The van der Waals surface area contributed by atoms with Crippen LogP contribution in [-0.4, -0.2) is 37.2 Å². The van der Waals surface area contributed by atoms with Crippen LogP contribution in [0, 0.1) is 0 Å². The Morgan fingerprint density at radius 1 is 0.250 bits per heavy atom. The standard InChI is InChI=1S/C74H140O6/c1-4-7-10-13-16-19-22-25-28-30-32-34-36-37-38-40-41-43-46-49-52-55-58-61-64-67-73(76)79-70-71(69-78-72(75)66-63-60-57-54-51-48-45-27-24-21-18-15-12-9-6-3)80-74(77)68-65-62-59-56-53-50-47-44-42-39-35-33-31-29-26-23-20-17-14-11-8-5-2/h18,21,27,45,71H,4-17,19-20,22-26,28-44,46-70H2,1-3H3/b21-18-,45-27-. The first-order chi connectivity index (χ1) is 39.5. The molecular formula is C74H140O6. The van der Waals surface area contributed by atoms with E-state index in [0.717, 1.165) is 77.0 Å². The SMILES string of the molecule is CCCCC/C=C\C/C=C\CCCCCCCC(=O)OCC(COC(=O)CCCCCCCCCCCCCCCCCCCCCCCCCCC)OC(=O)CCCCCCCCCCCCCCCCCCCCCCCC. The van der Waals surface area contributed by atoms with Crippen LogP contribution < -0.4 is 0 Å². The molecule has 6 nitrogen and oxygen atoms in total. The van der Waals surface area contributed by atoms with Gasteiger partial charge < -0.3 is 14.2 Å². The van der Waals surface area contributed by atoms with E-state index in [9.17, 15) is 14.4 Å². The van der Waals surface area contributed by atoms with Crippen LogP contribution in [-0.2, 0) is 28.6 Å². The summed E-state index contributed by atoms with van der Waals surface area (Å²) in [4.78, 5) is 38.5. The number of ether oxygens (including phenoxy) is 3. The molecule has 0 bridgehead atoms. The minimum atomic E-state index is -0.774. The summed E-state index contributed by atoms with van der Waals surface area (Å²) in [5.41, 5.74) is 0. The minimum Gasteiger partial charge on any atom is -0.462 e. The van der Waals surface area contributed by atoms with Crippen LogP contribution in [0.5, 0.6) is 0 Å². The van der Waals surface area contributed by atoms with Gasteiger partial charge in [-0.3, -0.25) is 14.4 Å². The first kappa shape index (κ1) is 77.9. The van der Waals surface area contributed by atoms with Crippen LogP contribution in [0.2, 0.25) is 0 Å². The average molecular weight is 1130 g/mol. The summed E-state index contributed by atoms with van der Waals surface area (Å²) in [6, 6.07) is 0. The molecule has 0 saturated heterocycles. The van der Waals surface area contributed by atoms with E-state index in [1.54, 1.807) is 0 Å². The molecule has 0 aromatic heterocycles. The Hall–Kier alpha value is -2.11. The maximum atomic E-state index is 13.0. The molecule has 0 amide bonds. The van der Waals surface area contributed by atoms with Crippen LogP contribution in [0.3, 0.4) is 0 Å². The largest absolute Gasteiger partial charge is 0.462 e. The Balaban J connectivity index is 4.24. The van der Waals surface area contributed by atoms with Crippen LogP contribution in [0.4, 0.5) is 0 Å². The number of hydrogen-bond donors (Lipinski definition) is 0. The fourth-order valence-electron chi connectivity index (χ4n) is 11.2. The van der Waals surface area contributed by atoms with Crippen molar-refractivity contribution >= 4 is 17.9 Å². The minimum absolute atomic E-state index is 0.0691. The Kier molecular flexibility index (Phi) is 67.6. The lowest BCUT2D eigenvalue weighted by Gasteiger charge is -2.18. The highest BCUT2D eigenvalue weighted by molar-refractivity contribution is 5.71. The van der Waals surface area contributed by atoms with Gasteiger partial charge in [-0.1, -0.05) is 366 Å². The third kappa shape index (κ3) is 66.7. The van der Waals surface area contributed by atoms with E-state index in [1.165, 1.54) is 295 Å². The van der Waals surface area contributed by atoms with Crippen molar-refractivity contribution in [3.63, 3.8) is 0 Å². The molecule has 0 spiro atoms. The van der Waals surface area contributed by atoms with Crippen LogP contribution >= 0.6 is 0 Å². The van der Waals surface area contributed by atoms with Crippen molar-refractivity contribution in [1.29, 1.82) is 0 Å². The summed E-state index contributed by atoms with van der Waals surface area (Å²) >= 11 is 0. The predicted octanol–water partition coefficient (Wildman–Crippen LogP) is 25.0. The van der Waals surface area contributed by atoms with Gasteiger partial charge in [0.15, 0.2) is 6.10 Å². The van der Waals surface area contributed by atoms with Gasteiger partial charge in [-0.25, -0.2) is 0 Å². The van der Waals surface area contributed by atoms with Gasteiger partial charge in [-0.2, -0.15) is 0 Å². The number of unbranched alkanes of at least 4 members (excludes halogenated alkanes) is 53. The molecule has 1 unspecified atom stereocenters. The molecule has 80 heavy (non-hydrogen) atoms. The Bertz CT molecular complexity index is 1290. The fourth-order valence-corrected chi connectivity index (χ4v) is 11.2. The van der Waals surface area contributed by atoms with Crippen molar-refractivity contribution in [2.75, 3.05) is 13.2 Å². The second-order valence-corrected chi connectivity index (χ2v) is 24.9. The van der Waals surface area contributed by atoms with Crippen molar-refractivity contribution in [1.82, 2.24) is 0 Å². The smallest absolute Gasteiger partial charge is 0.306 e. The monoisotopic (exact) mass is 1130 g/mol. The molecule has 0 saturated carbocycles. The highest BCUT2D eigenvalue weighted by Crippen LogP contribution is 2.19. The van der Waals surface area contributed by atoms with Crippen LogP contribution in [0.15, 0.2) is 24.3 Å². The normalized spacial score (nSPS) is 12.1. The zero-order valence-electron chi connectivity index (χ0n) is 54.4. The van der Waals surface area contributed by atoms with E-state index in [2.05, 4.69) is 45.1 Å². The highest BCUT2D eigenvalue weighted by atomic mass is 16.6. The van der Waals surface area contributed by atoms with Crippen molar-refractivity contribution in [3.8, 4) is 0 Å². The predicted molar refractivity (Wildman–Crippen MR) is 349 cm³/mol. The van der Waals surface area contributed by atoms with E-state index in [0.29, 0.717) is 19.3 Å². The van der Waals surface area contributed by atoms with Gasteiger partial charge in [0.2, 0.25) is 0 Å². The molecule has 0 heterocycles. The van der Waals surface area contributed by atoms with Crippen molar-refractivity contribution < 1.29 is 28.6 Å².